The predicted molar refractivity (Wildman–Crippen MR) is 183 cm³/mol. The lowest BCUT2D eigenvalue weighted by Crippen LogP contribution is -1.92. The molecule has 4 heteroatoms. The summed E-state index contributed by atoms with van der Waals surface area (Å²) in [5.74, 6) is 0. The van der Waals surface area contributed by atoms with Crippen LogP contribution in [0.15, 0.2) is 143 Å². The zero-order valence-corrected chi connectivity index (χ0v) is 25.5. The summed E-state index contributed by atoms with van der Waals surface area (Å²) >= 11 is 7.86. The number of pyridine rings is 2. The smallest absolute Gasteiger partial charge is 0.0346 e. The number of halogens is 2. The molecule has 0 radical (unpaired) electrons. The van der Waals surface area contributed by atoms with Gasteiger partial charge < -0.3 is 0 Å². The SMILES string of the molecule is Brc1cc(-c2ccc(-c3cccnc3)cc2)c2ccc3c(Br)cc(-c4ccc(-c5cccnc5)cc4)c4ccc1c2c34. The molecule has 0 aliphatic carbocycles. The Labute approximate surface area is 260 Å². The molecule has 0 saturated carbocycles. The van der Waals surface area contributed by atoms with Gasteiger partial charge >= 0.3 is 0 Å². The van der Waals surface area contributed by atoms with Crippen molar-refractivity contribution < 1.29 is 0 Å². The van der Waals surface area contributed by atoms with Gasteiger partial charge in [-0.2, -0.15) is 0 Å². The minimum Gasteiger partial charge on any atom is -0.264 e. The second kappa shape index (κ2) is 10.2. The average Bonchev–Trinajstić information content (AvgIpc) is 3.06. The molecule has 0 spiro atoms. The number of hydrogen-bond acceptors (Lipinski definition) is 2. The van der Waals surface area contributed by atoms with Gasteiger partial charge in [0.15, 0.2) is 0 Å². The number of hydrogen-bond donors (Lipinski definition) is 0. The van der Waals surface area contributed by atoms with Gasteiger partial charge in [-0.1, -0.05) is 117 Å². The van der Waals surface area contributed by atoms with Crippen LogP contribution in [0.5, 0.6) is 0 Å². The fraction of sp³-hybridized carbons (Fsp3) is 0. The molecule has 0 bridgehead atoms. The van der Waals surface area contributed by atoms with E-state index < -0.39 is 0 Å². The quantitative estimate of drug-likeness (QED) is 0.175. The van der Waals surface area contributed by atoms with Crippen LogP contribution in [0.25, 0.3) is 76.8 Å². The van der Waals surface area contributed by atoms with Crippen LogP contribution in [0.3, 0.4) is 0 Å². The largest absolute Gasteiger partial charge is 0.264 e. The molecule has 0 aliphatic heterocycles. The van der Waals surface area contributed by atoms with E-state index in [9.17, 15) is 0 Å². The van der Waals surface area contributed by atoms with Crippen molar-refractivity contribution in [1.29, 1.82) is 0 Å². The Bertz CT molecular complexity index is 2060. The first-order valence-corrected chi connectivity index (χ1v) is 15.4. The molecule has 0 N–H and O–H groups in total. The summed E-state index contributed by atoms with van der Waals surface area (Å²) in [5.41, 5.74) is 9.35. The van der Waals surface area contributed by atoms with Crippen LogP contribution in [0.2, 0.25) is 0 Å². The summed E-state index contributed by atoms with van der Waals surface area (Å²) in [4.78, 5) is 8.57. The third-order valence-corrected chi connectivity index (χ3v) is 9.49. The third kappa shape index (κ3) is 4.13. The molecule has 0 amide bonds. The summed E-state index contributed by atoms with van der Waals surface area (Å²) < 4.78 is 2.19. The van der Waals surface area contributed by atoms with Crippen molar-refractivity contribution in [3.05, 3.63) is 143 Å². The second-order valence-electron chi connectivity index (χ2n) is 10.5. The minimum absolute atomic E-state index is 1.10. The standard InChI is InChI=1S/C38H22Br2N2/c39-35-19-33(25-9-5-23(6-10-25)27-3-1-17-41-21-27)29-13-15-32-36(40)20-34(30-14-16-31(35)37(29)38(30)32)26-11-7-24(8-12-26)28-4-2-18-42-22-28/h1-22H. The van der Waals surface area contributed by atoms with Crippen LogP contribution in [0, 0.1) is 0 Å². The van der Waals surface area contributed by atoms with E-state index in [0.717, 1.165) is 31.2 Å². The highest BCUT2D eigenvalue weighted by atomic mass is 79.9. The predicted octanol–water partition coefficient (Wildman–Crippen LogP) is 11.6. The van der Waals surface area contributed by atoms with Crippen molar-refractivity contribution in [1.82, 2.24) is 9.97 Å². The van der Waals surface area contributed by atoms with E-state index in [0.29, 0.717) is 0 Å². The highest BCUT2D eigenvalue weighted by Crippen LogP contribution is 2.47. The highest BCUT2D eigenvalue weighted by Gasteiger charge is 2.18. The van der Waals surface area contributed by atoms with E-state index in [1.54, 1.807) is 12.4 Å². The zero-order chi connectivity index (χ0) is 28.2. The Morgan fingerprint density at radius 3 is 1.14 bits per heavy atom. The maximum absolute atomic E-state index is 4.28. The Morgan fingerprint density at radius 2 is 0.762 bits per heavy atom. The second-order valence-corrected chi connectivity index (χ2v) is 12.2. The van der Waals surface area contributed by atoms with Crippen molar-refractivity contribution in [2.45, 2.75) is 0 Å². The molecule has 0 aliphatic rings. The lowest BCUT2D eigenvalue weighted by Gasteiger charge is -2.19. The molecule has 0 saturated heterocycles. The Morgan fingerprint density at radius 1 is 0.381 bits per heavy atom. The normalized spacial score (nSPS) is 11.6. The first kappa shape index (κ1) is 25.3. The van der Waals surface area contributed by atoms with E-state index >= 15 is 0 Å². The van der Waals surface area contributed by atoms with Crippen molar-refractivity contribution in [3.63, 3.8) is 0 Å². The summed E-state index contributed by atoms with van der Waals surface area (Å²) in [6.45, 7) is 0. The minimum atomic E-state index is 1.10. The van der Waals surface area contributed by atoms with E-state index in [2.05, 4.69) is 139 Å². The van der Waals surface area contributed by atoms with Crippen LogP contribution in [0.4, 0.5) is 0 Å². The van der Waals surface area contributed by atoms with Gasteiger partial charge in [-0.15, -0.1) is 0 Å². The molecule has 6 aromatic carbocycles. The van der Waals surface area contributed by atoms with Crippen LogP contribution in [-0.4, -0.2) is 9.97 Å². The molecule has 0 atom stereocenters. The maximum atomic E-state index is 4.28. The molecule has 8 rings (SSSR count). The Kier molecular flexibility index (Phi) is 6.13. The highest BCUT2D eigenvalue weighted by molar-refractivity contribution is 9.11. The molecule has 198 valence electrons. The summed E-state index contributed by atoms with van der Waals surface area (Å²) in [6.07, 6.45) is 7.43. The summed E-state index contributed by atoms with van der Waals surface area (Å²) in [7, 11) is 0. The lowest BCUT2D eigenvalue weighted by molar-refractivity contribution is 1.33. The van der Waals surface area contributed by atoms with Crippen LogP contribution >= 0.6 is 31.9 Å². The van der Waals surface area contributed by atoms with Gasteiger partial charge in [-0.25, -0.2) is 0 Å². The van der Waals surface area contributed by atoms with Crippen LogP contribution in [0.1, 0.15) is 0 Å². The molecule has 0 fully saturated rings. The van der Waals surface area contributed by atoms with Gasteiger partial charge in [0.1, 0.15) is 0 Å². The molecular weight excluding hydrogens is 644 g/mol. The molecule has 2 nitrogen and oxygen atoms in total. The number of nitrogens with zero attached hydrogens (tertiary/aromatic N) is 2. The summed E-state index contributed by atoms with van der Waals surface area (Å²) in [6, 6.07) is 39.3. The van der Waals surface area contributed by atoms with Crippen LogP contribution in [-0.2, 0) is 0 Å². The third-order valence-electron chi connectivity index (χ3n) is 8.18. The number of rotatable bonds is 4. The molecule has 42 heavy (non-hydrogen) atoms. The fourth-order valence-corrected chi connectivity index (χ4v) is 7.25. The van der Waals surface area contributed by atoms with Crippen molar-refractivity contribution in [2.24, 2.45) is 0 Å². The van der Waals surface area contributed by atoms with E-state index in [1.807, 2.05) is 24.5 Å². The van der Waals surface area contributed by atoms with Gasteiger partial charge in [-0.05, 0) is 101 Å². The molecule has 8 aromatic rings. The van der Waals surface area contributed by atoms with Crippen LogP contribution < -0.4 is 0 Å². The van der Waals surface area contributed by atoms with Crippen molar-refractivity contribution >= 4 is 64.2 Å². The van der Waals surface area contributed by atoms with E-state index in [-0.39, 0.29) is 0 Å². The van der Waals surface area contributed by atoms with Crippen molar-refractivity contribution in [3.8, 4) is 44.5 Å². The summed E-state index contributed by atoms with van der Waals surface area (Å²) in [5, 5.41) is 7.48. The maximum Gasteiger partial charge on any atom is 0.0346 e. The Hall–Kier alpha value is -4.38. The average molecular weight is 666 g/mol. The molecular formula is C38H22Br2N2. The molecule has 2 heterocycles. The van der Waals surface area contributed by atoms with Gasteiger partial charge in [-0.3, -0.25) is 9.97 Å². The van der Waals surface area contributed by atoms with Gasteiger partial charge in [0.05, 0.1) is 0 Å². The molecule has 2 aromatic heterocycles. The number of benzene rings is 6. The monoisotopic (exact) mass is 664 g/mol. The molecule has 0 unspecified atom stereocenters. The fourth-order valence-electron chi connectivity index (χ4n) is 6.14. The van der Waals surface area contributed by atoms with Gasteiger partial charge in [0.2, 0.25) is 0 Å². The lowest BCUT2D eigenvalue weighted by atomic mass is 9.87. The van der Waals surface area contributed by atoms with Crippen molar-refractivity contribution in [2.75, 3.05) is 0 Å². The van der Waals surface area contributed by atoms with Gasteiger partial charge in [0, 0.05) is 33.7 Å². The van der Waals surface area contributed by atoms with Gasteiger partial charge in [0.25, 0.3) is 0 Å². The number of aromatic nitrogens is 2. The topological polar surface area (TPSA) is 25.8 Å². The zero-order valence-electron chi connectivity index (χ0n) is 22.4. The van der Waals surface area contributed by atoms with E-state index in [1.165, 1.54) is 54.6 Å². The first-order valence-electron chi connectivity index (χ1n) is 13.8. The first-order chi connectivity index (χ1) is 20.7. The van der Waals surface area contributed by atoms with E-state index in [4.69, 9.17) is 0 Å². The Balaban J connectivity index is 1.32.